The number of nitrogens with zero attached hydrogens (tertiary/aromatic N) is 2. The fourth-order valence-corrected chi connectivity index (χ4v) is 4.45. The average Bonchev–Trinajstić information content (AvgIpc) is 2.84. The third kappa shape index (κ3) is 2.89. The molecule has 19 heavy (non-hydrogen) atoms. The maximum Gasteiger partial charge on any atom is 0.343 e. The fraction of sp³-hybridized carbons (Fsp3) is 0.846. The number of hydrogen-bond acceptors (Lipinski definition) is 4. The van der Waals surface area contributed by atoms with Crippen LogP contribution in [0.3, 0.4) is 0 Å². The predicted octanol–water partition coefficient (Wildman–Crippen LogP) is 1.85. The van der Waals surface area contributed by atoms with E-state index in [1.807, 2.05) is 6.92 Å². The minimum atomic E-state index is -0.109. The summed E-state index contributed by atoms with van der Waals surface area (Å²) in [7, 11) is 0. The van der Waals surface area contributed by atoms with E-state index < -0.39 is 0 Å². The van der Waals surface area contributed by atoms with Crippen molar-refractivity contribution < 1.29 is 0 Å². The third-order valence-electron chi connectivity index (χ3n) is 4.01. The SMILES string of the molecule is CCNC1C(Sc2n[nH]c(=O)n2CC)CCC1(C)C. The highest BCUT2D eigenvalue weighted by Gasteiger charge is 2.42. The van der Waals surface area contributed by atoms with Gasteiger partial charge in [0.1, 0.15) is 0 Å². The second kappa shape index (κ2) is 5.71. The lowest BCUT2D eigenvalue weighted by Crippen LogP contribution is -2.43. The highest BCUT2D eigenvalue weighted by molar-refractivity contribution is 7.99. The topological polar surface area (TPSA) is 62.7 Å². The first-order valence-corrected chi connectivity index (χ1v) is 7.92. The molecular weight excluding hydrogens is 260 g/mol. The van der Waals surface area contributed by atoms with Crippen LogP contribution < -0.4 is 11.0 Å². The van der Waals surface area contributed by atoms with Crippen LogP contribution in [0.1, 0.15) is 40.5 Å². The van der Waals surface area contributed by atoms with Crippen molar-refractivity contribution in [3.8, 4) is 0 Å². The molecule has 0 bridgehead atoms. The van der Waals surface area contributed by atoms with Gasteiger partial charge in [-0.05, 0) is 31.7 Å². The maximum absolute atomic E-state index is 11.6. The molecule has 2 atom stereocenters. The first kappa shape index (κ1) is 14.7. The van der Waals surface area contributed by atoms with Gasteiger partial charge < -0.3 is 5.32 Å². The summed E-state index contributed by atoms with van der Waals surface area (Å²) >= 11 is 1.73. The summed E-state index contributed by atoms with van der Waals surface area (Å²) in [4.78, 5) is 11.6. The molecule has 1 heterocycles. The Morgan fingerprint density at radius 2 is 2.26 bits per heavy atom. The van der Waals surface area contributed by atoms with Gasteiger partial charge in [0.15, 0.2) is 5.16 Å². The summed E-state index contributed by atoms with van der Waals surface area (Å²) in [6.45, 7) is 10.4. The number of nitrogens with one attached hydrogen (secondary N) is 2. The summed E-state index contributed by atoms with van der Waals surface area (Å²) in [5.74, 6) is 0. The normalized spacial score (nSPS) is 25.9. The van der Waals surface area contributed by atoms with Gasteiger partial charge >= 0.3 is 5.69 Å². The molecule has 108 valence electrons. The molecule has 2 rings (SSSR count). The standard InChI is InChI=1S/C13H24N4OS/c1-5-14-10-9(7-8-13(10,3)4)19-12-16-15-11(18)17(12)6-2/h9-10,14H,5-8H2,1-4H3,(H,15,18). The summed E-state index contributed by atoms with van der Waals surface area (Å²) in [5.41, 5.74) is 0.198. The van der Waals surface area contributed by atoms with Gasteiger partial charge in [0, 0.05) is 17.8 Å². The van der Waals surface area contributed by atoms with Crippen molar-refractivity contribution in [1.82, 2.24) is 20.1 Å². The second-order valence-electron chi connectivity index (χ2n) is 5.77. The molecule has 1 aromatic heterocycles. The van der Waals surface area contributed by atoms with E-state index in [2.05, 4.69) is 36.3 Å². The van der Waals surface area contributed by atoms with E-state index in [0.717, 1.165) is 11.7 Å². The molecule has 0 aromatic carbocycles. The molecule has 0 aliphatic heterocycles. The second-order valence-corrected chi connectivity index (χ2v) is 6.98. The largest absolute Gasteiger partial charge is 0.343 e. The van der Waals surface area contributed by atoms with Gasteiger partial charge in [-0.15, -0.1) is 5.10 Å². The minimum absolute atomic E-state index is 0.109. The molecule has 1 aliphatic carbocycles. The van der Waals surface area contributed by atoms with Crippen molar-refractivity contribution in [3.63, 3.8) is 0 Å². The molecule has 2 N–H and O–H groups in total. The van der Waals surface area contributed by atoms with Crippen LogP contribution in [0.4, 0.5) is 0 Å². The molecule has 0 amide bonds. The number of rotatable bonds is 5. The first-order chi connectivity index (χ1) is 8.99. The van der Waals surface area contributed by atoms with E-state index in [4.69, 9.17) is 0 Å². The van der Waals surface area contributed by atoms with Gasteiger partial charge in [0.25, 0.3) is 0 Å². The maximum atomic E-state index is 11.6. The molecule has 6 heteroatoms. The Balaban J connectivity index is 2.16. The Hall–Kier alpha value is -0.750. The Bertz CT molecular complexity index is 479. The van der Waals surface area contributed by atoms with Crippen LogP contribution in [0.5, 0.6) is 0 Å². The molecule has 0 radical (unpaired) electrons. The van der Waals surface area contributed by atoms with Crippen molar-refractivity contribution in [1.29, 1.82) is 0 Å². The highest BCUT2D eigenvalue weighted by Crippen LogP contribution is 2.44. The molecule has 0 saturated heterocycles. The number of thioether (sulfide) groups is 1. The first-order valence-electron chi connectivity index (χ1n) is 7.04. The van der Waals surface area contributed by atoms with Gasteiger partial charge in [-0.1, -0.05) is 32.5 Å². The van der Waals surface area contributed by atoms with Gasteiger partial charge in [-0.3, -0.25) is 4.57 Å². The van der Waals surface area contributed by atoms with Crippen LogP contribution in [-0.4, -0.2) is 32.6 Å². The van der Waals surface area contributed by atoms with Crippen molar-refractivity contribution in [2.75, 3.05) is 6.54 Å². The van der Waals surface area contributed by atoms with Crippen molar-refractivity contribution in [3.05, 3.63) is 10.5 Å². The van der Waals surface area contributed by atoms with Gasteiger partial charge in [0.05, 0.1) is 0 Å². The minimum Gasteiger partial charge on any atom is -0.313 e. The molecule has 1 aliphatic rings. The molecular formula is C13H24N4OS. The Morgan fingerprint density at radius 3 is 2.89 bits per heavy atom. The van der Waals surface area contributed by atoms with E-state index in [9.17, 15) is 4.79 Å². The van der Waals surface area contributed by atoms with Crippen molar-refractivity contribution in [2.24, 2.45) is 5.41 Å². The van der Waals surface area contributed by atoms with Gasteiger partial charge in [0.2, 0.25) is 0 Å². The zero-order chi connectivity index (χ0) is 14.0. The highest BCUT2D eigenvalue weighted by atomic mass is 32.2. The van der Waals surface area contributed by atoms with E-state index in [-0.39, 0.29) is 5.69 Å². The van der Waals surface area contributed by atoms with Crippen LogP contribution in [0.25, 0.3) is 0 Å². The van der Waals surface area contributed by atoms with Crippen molar-refractivity contribution in [2.45, 2.75) is 63.5 Å². The average molecular weight is 284 g/mol. The predicted molar refractivity (Wildman–Crippen MR) is 78.6 cm³/mol. The quantitative estimate of drug-likeness (QED) is 0.866. The van der Waals surface area contributed by atoms with Crippen LogP contribution in [0.15, 0.2) is 9.95 Å². The molecule has 5 nitrogen and oxygen atoms in total. The lowest BCUT2D eigenvalue weighted by atomic mass is 9.87. The van der Waals surface area contributed by atoms with Crippen LogP contribution in [-0.2, 0) is 6.54 Å². The summed E-state index contributed by atoms with van der Waals surface area (Å²) < 4.78 is 1.71. The summed E-state index contributed by atoms with van der Waals surface area (Å²) in [5, 5.41) is 11.6. The molecule has 0 spiro atoms. The van der Waals surface area contributed by atoms with Gasteiger partial charge in [-0.25, -0.2) is 9.89 Å². The smallest absolute Gasteiger partial charge is 0.313 e. The van der Waals surface area contributed by atoms with Crippen LogP contribution in [0.2, 0.25) is 0 Å². The zero-order valence-corrected chi connectivity index (χ0v) is 13.0. The number of aromatic nitrogens is 3. The Labute approximate surface area is 118 Å². The zero-order valence-electron chi connectivity index (χ0n) is 12.2. The summed E-state index contributed by atoms with van der Waals surface area (Å²) in [6, 6.07) is 0.472. The lowest BCUT2D eigenvalue weighted by molar-refractivity contribution is 0.290. The number of H-pyrrole nitrogens is 1. The Kier molecular flexibility index (Phi) is 4.40. The van der Waals surface area contributed by atoms with Crippen molar-refractivity contribution >= 4 is 11.8 Å². The summed E-state index contributed by atoms with van der Waals surface area (Å²) in [6.07, 6.45) is 2.38. The molecule has 1 fully saturated rings. The van der Waals surface area contributed by atoms with E-state index in [0.29, 0.717) is 23.3 Å². The third-order valence-corrected chi connectivity index (χ3v) is 5.34. The van der Waals surface area contributed by atoms with Crippen LogP contribution >= 0.6 is 11.8 Å². The molecule has 1 saturated carbocycles. The van der Waals surface area contributed by atoms with Gasteiger partial charge in [-0.2, -0.15) is 0 Å². The Morgan fingerprint density at radius 1 is 1.53 bits per heavy atom. The van der Waals surface area contributed by atoms with E-state index >= 15 is 0 Å². The van der Waals surface area contributed by atoms with E-state index in [1.54, 1.807) is 16.3 Å². The van der Waals surface area contributed by atoms with Crippen LogP contribution in [0, 0.1) is 5.41 Å². The lowest BCUT2D eigenvalue weighted by Gasteiger charge is -2.31. The number of hydrogen-bond donors (Lipinski definition) is 2. The molecule has 1 aromatic rings. The number of aromatic amines is 1. The van der Waals surface area contributed by atoms with E-state index in [1.165, 1.54) is 12.8 Å². The monoisotopic (exact) mass is 284 g/mol. The molecule has 2 unspecified atom stereocenters. The fourth-order valence-electron chi connectivity index (χ4n) is 2.90.